The van der Waals surface area contributed by atoms with Crippen LogP contribution in [0, 0.1) is 11.3 Å². The summed E-state index contributed by atoms with van der Waals surface area (Å²) in [7, 11) is 0. The molecule has 1 spiro atoms. The molecule has 0 N–H and O–H groups in total. The minimum atomic E-state index is 0.855. The lowest BCUT2D eigenvalue weighted by atomic mass is 9.44. The molecule has 0 amide bonds. The van der Waals surface area contributed by atoms with Crippen molar-refractivity contribution in [1.82, 2.24) is 4.90 Å². The van der Waals surface area contributed by atoms with Gasteiger partial charge < -0.3 is 4.90 Å². The van der Waals surface area contributed by atoms with Crippen molar-refractivity contribution in [1.29, 1.82) is 0 Å². The van der Waals surface area contributed by atoms with Crippen molar-refractivity contribution in [2.24, 2.45) is 11.3 Å². The number of rotatable bonds is 1. The Morgan fingerprint density at radius 2 is 2.08 bits per heavy atom. The summed E-state index contributed by atoms with van der Waals surface area (Å²) < 4.78 is 0. The highest BCUT2D eigenvalue weighted by atomic mass is 15.2. The third-order valence-electron chi connectivity index (χ3n) is 4.93. The van der Waals surface area contributed by atoms with Gasteiger partial charge in [-0.3, -0.25) is 0 Å². The molecule has 0 aromatic rings. The number of likely N-dealkylation sites (tertiary alicyclic amines) is 1. The maximum atomic E-state index is 2.74. The number of hydrogen-bond donors (Lipinski definition) is 0. The van der Waals surface area contributed by atoms with Gasteiger partial charge in [-0.1, -0.05) is 6.92 Å². The van der Waals surface area contributed by atoms with Gasteiger partial charge in [-0.15, -0.1) is 0 Å². The summed E-state index contributed by atoms with van der Waals surface area (Å²) in [5.74, 6) is 1.14. The molecule has 3 unspecified atom stereocenters. The minimum Gasteiger partial charge on any atom is -0.300 e. The van der Waals surface area contributed by atoms with E-state index in [-0.39, 0.29) is 0 Å². The Morgan fingerprint density at radius 3 is 2.58 bits per heavy atom. The van der Waals surface area contributed by atoms with Crippen LogP contribution in [0.1, 0.15) is 39.0 Å². The smallest absolute Gasteiger partial charge is 0.0154 e. The van der Waals surface area contributed by atoms with Gasteiger partial charge in [-0.25, -0.2) is 0 Å². The largest absolute Gasteiger partial charge is 0.300 e. The topological polar surface area (TPSA) is 3.24 Å². The van der Waals surface area contributed by atoms with Gasteiger partial charge in [0.2, 0.25) is 0 Å². The van der Waals surface area contributed by atoms with E-state index in [1.807, 2.05) is 0 Å². The highest BCUT2D eigenvalue weighted by molar-refractivity contribution is 5.12. The predicted molar refractivity (Wildman–Crippen MR) is 50.0 cm³/mol. The molecule has 1 heterocycles. The van der Waals surface area contributed by atoms with Crippen molar-refractivity contribution in [2.75, 3.05) is 13.1 Å². The van der Waals surface area contributed by atoms with Crippen LogP contribution >= 0.6 is 0 Å². The Hall–Kier alpha value is -0.0400. The third kappa shape index (κ3) is 0.654. The van der Waals surface area contributed by atoms with E-state index in [1.165, 1.54) is 25.9 Å². The van der Waals surface area contributed by atoms with Gasteiger partial charge in [0.1, 0.15) is 0 Å². The standard InChI is InChI=1S/C11H19N/c1-2-12-8-5-9-3-6-11(9)7-4-10(11)12/h9-10H,2-8H2,1H3. The zero-order valence-corrected chi connectivity index (χ0v) is 8.05. The second-order valence-electron chi connectivity index (χ2n) is 4.94. The van der Waals surface area contributed by atoms with Crippen LogP contribution in [0.5, 0.6) is 0 Å². The molecule has 1 aliphatic heterocycles. The molecule has 1 saturated heterocycles. The fraction of sp³-hybridized carbons (Fsp3) is 1.00. The van der Waals surface area contributed by atoms with Gasteiger partial charge in [-0.2, -0.15) is 0 Å². The first-order valence-electron chi connectivity index (χ1n) is 5.61. The van der Waals surface area contributed by atoms with Crippen LogP contribution in [0.15, 0.2) is 0 Å². The molecule has 2 aliphatic carbocycles. The average Bonchev–Trinajstić information content (AvgIpc) is 1.96. The van der Waals surface area contributed by atoms with E-state index < -0.39 is 0 Å². The maximum Gasteiger partial charge on any atom is 0.0154 e. The third-order valence-corrected chi connectivity index (χ3v) is 4.93. The molecule has 0 radical (unpaired) electrons. The molecule has 0 aromatic heterocycles. The normalized spacial score (nSPS) is 51.8. The molecule has 3 atom stereocenters. The first-order chi connectivity index (χ1) is 5.87. The molecular formula is C11H19N. The van der Waals surface area contributed by atoms with Crippen LogP contribution in [-0.2, 0) is 0 Å². The SMILES string of the molecule is CCN1CCC2CCC23CCC13. The maximum absolute atomic E-state index is 2.74. The van der Waals surface area contributed by atoms with Gasteiger partial charge in [-0.05, 0) is 56.5 Å². The molecule has 3 rings (SSSR count). The van der Waals surface area contributed by atoms with Gasteiger partial charge >= 0.3 is 0 Å². The van der Waals surface area contributed by atoms with Gasteiger partial charge in [0, 0.05) is 6.04 Å². The Bertz CT molecular complexity index is 197. The average molecular weight is 165 g/mol. The van der Waals surface area contributed by atoms with Crippen molar-refractivity contribution in [3.63, 3.8) is 0 Å². The number of nitrogens with zero attached hydrogens (tertiary/aromatic N) is 1. The zero-order valence-electron chi connectivity index (χ0n) is 8.05. The summed E-state index contributed by atoms with van der Waals surface area (Å²) in [4.78, 5) is 2.74. The molecule has 3 fully saturated rings. The summed E-state index contributed by atoms with van der Waals surface area (Å²) in [6.45, 7) is 5.01. The van der Waals surface area contributed by atoms with Crippen LogP contribution < -0.4 is 0 Å². The number of piperidine rings is 1. The Labute approximate surface area is 75.1 Å². The fourth-order valence-electron chi connectivity index (χ4n) is 3.97. The summed E-state index contributed by atoms with van der Waals surface area (Å²) in [6, 6.07) is 1.01. The molecule has 2 saturated carbocycles. The molecular weight excluding hydrogens is 146 g/mol. The molecule has 68 valence electrons. The van der Waals surface area contributed by atoms with Crippen LogP contribution in [0.3, 0.4) is 0 Å². The number of hydrogen-bond acceptors (Lipinski definition) is 1. The lowest BCUT2D eigenvalue weighted by Crippen LogP contribution is -2.66. The van der Waals surface area contributed by atoms with Crippen molar-refractivity contribution >= 4 is 0 Å². The lowest BCUT2D eigenvalue weighted by Gasteiger charge is -2.67. The Kier molecular flexibility index (Phi) is 1.39. The molecule has 1 nitrogen and oxygen atoms in total. The monoisotopic (exact) mass is 165 g/mol. The molecule has 0 bridgehead atoms. The molecule has 12 heavy (non-hydrogen) atoms. The van der Waals surface area contributed by atoms with Gasteiger partial charge in [0.25, 0.3) is 0 Å². The highest BCUT2D eigenvalue weighted by Gasteiger charge is 2.60. The molecule has 1 heteroatoms. The van der Waals surface area contributed by atoms with Crippen LogP contribution in [0.2, 0.25) is 0 Å². The van der Waals surface area contributed by atoms with E-state index >= 15 is 0 Å². The quantitative estimate of drug-likeness (QED) is 0.576. The van der Waals surface area contributed by atoms with Gasteiger partial charge in [0.15, 0.2) is 0 Å². The van der Waals surface area contributed by atoms with Crippen molar-refractivity contribution in [3.05, 3.63) is 0 Å². The van der Waals surface area contributed by atoms with E-state index in [9.17, 15) is 0 Å². The summed E-state index contributed by atoms with van der Waals surface area (Å²) in [6.07, 6.45) is 7.67. The van der Waals surface area contributed by atoms with Crippen LogP contribution in [-0.4, -0.2) is 24.0 Å². The van der Waals surface area contributed by atoms with Crippen molar-refractivity contribution in [2.45, 2.75) is 45.1 Å². The van der Waals surface area contributed by atoms with E-state index in [4.69, 9.17) is 0 Å². The summed E-state index contributed by atoms with van der Waals surface area (Å²) in [5.41, 5.74) is 0.855. The van der Waals surface area contributed by atoms with Crippen LogP contribution in [0.25, 0.3) is 0 Å². The highest BCUT2D eigenvalue weighted by Crippen LogP contribution is 2.64. The van der Waals surface area contributed by atoms with E-state index in [0.717, 1.165) is 17.4 Å². The molecule has 0 aromatic carbocycles. The predicted octanol–water partition coefficient (Wildman–Crippen LogP) is 2.27. The second kappa shape index (κ2) is 2.25. The lowest BCUT2D eigenvalue weighted by molar-refractivity contribution is -0.167. The fourth-order valence-corrected chi connectivity index (χ4v) is 3.97. The first kappa shape index (κ1) is 7.37. The van der Waals surface area contributed by atoms with Crippen molar-refractivity contribution in [3.8, 4) is 0 Å². The van der Waals surface area contributed by atoms with E-state index in [0.29, 0.717) is 0 Å². The molecule has 3 aliphatic rings. The van der Waals surface area contributed by atoms with Crippen molar-refractivity contribution < 1.29 is 0 Å². The zero-order chi connectivity index (χ0) is 8.18. The van der Waals surface area contributed by atoms with Gasteiger partial charge in [0.05, 0.1) is 0 Å². The van der Waals surface area contributed by atoms with E-state index in [1.54, 1.807) is 19.3 Å². The first-order valence-corrected chi connectivity index (χ1v) is 5.61. The summed E-state index contributed by atoms with van der Waals surface area (Å²) in [5, 5.41) is 0. The van der Waals surface area contributed by atoms with Crippen LogP contribution in [0.4, 0.5) is 0 Å². The minimum absolute atomic E-state index is 0.855. The van der Waals surface area contributed by atoms with E-state index in [2.05, 4.69) is 11.8 Å². The Morgan fingerprint density at radius 1 is 1.25 bits per heavy atom. The summed E-state index contributed by atoms with van der Waals surface area (Å²) >= 11 is 0. The second-order valence-corrected chi connectivity index (χ2v) is 4.94. The Balaban J connectivity index is 1.82.